The first-order valence-corrected chi connectivity index (χ1v) is 7.44. The fraction of sp³-hybridized carbons (Fsp3) is 0.688. The molecular formula is C16H20O5. The van der Waals surface area contributed by atoms with Gasteiger partial charge in [0.15, 0.2) is 5.41 Å². The molecule has 3 aliphatic carbocycles. The zero-order chi connectivity index (χ0) is 15.2. The molecule has 0 aromatic rings. The van der Waals surface area contributed by atoms with Gasteiger partial charge in [-0.05, 0) is 31.6 Å². The van der Waals surface area contributed by atoms with Crippen molar-refractivity contribution in [3.8, 4) is 0 Å². The van der Waals surface area contributed by atoms with Gasteiger partial charge in [0.2, 0.25) is 0 Å². The van der Waals surface area contributed by atoms with Crippen molar-refractivity contribution in [3.05, 3.63) is 11.1 Å². The number of ketones is 1. The summed E-state index contributed by atoms with van der Waals surface area (Å²) in [5, 5.41) is 0. The predicted molar refractivity (Wildman–Crippen MR) is 73.2 cm³/mol. The standard InChI is InChI=1S/C16H20O5/c1-20-14(18)16(15(19)21-2)7-9-6-13(17)11-5-3-4-10(11)12(9)8-16/h10-11H,3-8H2,1-2H3. The number of hydrogen-bond donors (Lipinski definition) is 0. The van der Waals surface area contributed by atoms with Gasteiger partial charge in [0, 0.05) is 12.3 Å². The Balaban J connectivity index is 1.96. The third-order valence-corrected chi connectivity index (χ3v) is 5.38. The Bertz CT molecular complexity index is 529. The van der Waals surface area contributed by atoms with Gasteiger partial charge in [-0.3, -0.25) is 14.4 Å². The predicted octanol–water partition coefficient (Wildman–Crippen LogP) is 1.80. The molecule has 0 aliphatic heterocycles. The maximum absolute atomic E-state index is 12.2. The zero-order valence-corrected chi connectivity index (χ0v) is 12.4. The van der Waals surface area contributed by atoms with Crippen molar-refractivity contribution >= 4 is 17.7 Å². The molecule has 5 heteroatoms. The lowest BCUT2D eigenvalue weighted by atomic mass is 9.77. The Morgan fingerprint density at radius 2 is 1.67 bits per heavy atom. The monoisotopic (exact) mass is 292 g/mol. The number of carbonyl (C=O) groups excluding carboxylic acids is 3. The third-order valence-electron chi connectivity index (χ3n) is 5.38. The van der Waals surface area contributed by atoms with Crippen molar-refractivity contribution in [2.75, 3.05) is 14.2 Å². The normalized spacial score (nSPS) is 29.9. The van der Waals surface area contributed by atoms with Crippen LogP contribution in [0.25, 0.3) is 0 Å². The van der Waals surface area contributed by atoms with Gasteiger partial charge in [0.25, 0.3) is 0 Å². The van der Waals surface area contributed by atoms with E-state index in [1.165, 1.54) is 14.2 Å². The number of esters is 2. The first kappa shape index (κ1) is 14.3. The molecule has 1 saturated carbocycles. The molecule has 0 amide bonds. The number of allylic oxidation sites excluding steroid dienone is 2. The van der Waals surface area contributed by atoms with Crippen molar-refractivity contribution in [2.24, 2.45) is 17.3 Å². The largest absolute Gasteiger partial charge is 0.468 e. The number of carbonyl (C=O) groups is 3. The molecule has 114 valence electrons. The highest BCUT2D eigenvalue weighted by Gasteiger charge is 2.57. The number of rotatable bonds is 2. The number of ether oxygens (including phenoxy) is 2. The highest BCUT2D eigenvalue weighted by Crippen LogP contribution is 2.55. The van der Waals surface area contributed by atoms with Crippen molar-refractivity contribution in [1.29, 1.82) is 0 Å². The summed E-state index contributed by atoms with van der Waals surface area (Å²) in [6, 6.07) is 0. The van der Waals surface area contributed by atoms with Crippen LogP contribution in [0.1, 0.15) is 38.5 Å². The minimum Gasteiger partial charge on any atom is -0.468 e. The molecular weight excluding hydrogens is 272 g/mol. The van der Waals surface area contributed by atoms with Gasteiger partial charge in [-0.25, -0.2) is 0 Å². The molecule has 0 bridgehead atoms. The Morgan fingerprint density at radius 3 is 2.29 bits per heavy atom. The van der Waals surface area contributed by atoms with Gasteiger partial charge in [-0.15, -0.1) is 0 Å². The van der Waals surface area contributed by atoms with Gasteiger partial charge in [0.05, 0.1) is 14.2 Å². The minimum atomic E-state index is -1.27. The van der Waals surface area contributed by atoms with E-state index in [1.807, 2.05) is 0 Å². The van der Waals surface area contributed by atoms with E-state index in [0.717, 1.165) is 30.4 Å². The Morgan fingerprint density at radius 1 is 1.05 bits per heavy atom. The molecule has 2 atom stereocenters. The molecule has 0 spiro atoms. The van der Waals surface area contributed by atoms with Crippen LogP contribution in [-0.2, 0) is 23.9 Å². The second-order valence-corrected chi connectivity index (χ2v) is 6.33. The summed E-state index contributed by atoms with van der Waals surface area (Å²) in [5.74, 6) is -0.523. The number of Topliss-reactive ketones (excluding diaryl/α,β-unsaturated/α-hetero) is 1. The van der Waals surface area contributed by atoms with Crippen LogP contribution in [0.5, 0.6) is 0 Å². The molecule has 2 unspecified atom stereocenters. The molecule has 5 nitrogen and oxygen atoms in total. The average molecular weight is 292 g/mol. The second kappa shape index (κ2) is 4.97. The van der Waals surface area contributed by atoms with Crippen LogP contribution in [0.2, 0.25) is 0 Å². The highest BCUT2D eigenvalue weighted by atomic mass is 16.5. The number of fused-ring (bicyclic) bond motifs is 2. The van der Waals surface area contributed by atoms with Gasteiger partial charge >= 0.3 is 11.9 Å². The maximum Gasteiger partial charge on any atom is 0.323 e. The fourth-order valence-corrected chi connectivity index (χ4v) is 4.43. The molecule has 0 heterocycles. The molecule has 1 fully saturated rings. The summed E-state index contributed by atoms with van der Waals surface area (Å²) < 4.78 is 9.71. The van der Waals surface area contributed by atoms with Gasteiger partial charge in [-0.1, -0.05) is 17.6 Å². The summed E-state index contributed by atoms with van der Waals surface area (Å²) in [7, 11) is 2.57. The maximum atomic E-state index is 12.2. The molecule has 0 N–H and O–H groups in total. The lowest BCUT2D eigenvalue weighted by Crippen LogP contribution is -2.39. The number of methoxy groups -OCH3 is 2. The molecule has 3 aliphatic rings. The first-order chi connectivity index (χ1) is 10.0. The lowest BCUT2D eigenvalue weighted by molar-refractivity contribution is -0.168. The topological polar surface area (TPSA) is 69.7 Å². The van der Waals surface area contributed by atoms with Crippen LogP contribution in [-0.4, -0.2) is 31.9 Å². The van der Waals surface area contributed by atoms with E-state index in [2.05, 4.69) is 0 Å². The summed E-state index contributed by atoms with van der Waals surface area (Å²) >= 11 is 0. The number of hydrogen-bond acceptors (Lipinski definition) is 5. The van der Waals surface area contributed by atoms with Gasteiger partial charge in [0.1, 0.15) is 5.78 Å². The van der Waals surface area contributed by atoms with Crippen molar-refractivity contribution in [3.63, 3.8) is 0 Å². The average Bonchev–Trinajstić information content (AvgIpc) is 3.10. The molecule has 0 radical (unpaired) electrons. The zero-order valence-electron chi connectivity index (χ0n) is 12.4. The molecule has 0 aromatic heterocycles. The summed E-state index contributed by atoms with van der Waals surface area (Å²) in [5.41, 5.74) is 0.846. The van der Waals surface area contributed by atoms with E-state index in [-0.39, 0.29) is 24.0 Å². The minimum absolute atomic E-state index is 0.0924. The van der Waals surface area contributed by atoms with E-state index in [1.54, 1.807) is 0 Å². The smallest absolute Gasteiger partial charge is 0.323 e. The Hall–Kier alpha value is -1.65. The van der Waals surface area contributed by atoms with Crippen LogP contribution in [0.15, 0.2) is 11.1 Å². The van der Waals surface area contributed by atoms with Crippen molar-refractivity contribution < 1.29 is 23.9 Å². The van der Waals surface area contributed by atoms with E-state index in [9.17, 15) is 14.4 Å². The summed E-state index contributed by atoms with van der Waals surface area (Å²) in [6.07, 6.45) is 3.97. The summed E-state index contributed by atoms with van der Waals surface area (Å²) in [6.45, 7) is 0. The van der Waals surface area contributed by atoms with E-state index in [0.29, 0.717) is 12.8 Å². The van der Waals surface area contributed by atoms with E-state index < -0.39 is 17.4 Å². The molecule has 0 saturated heterocycles. The van der Waals surface area contributed by atoms with Crippen LogP contribution in [0, 0.1) is 17.3 Å². The van der Waals surface area contributed by atoms with Crippen LogP contribution in [0.4, 0.5) is 0 Å². The SMILES string of the molecule is COC(=O)C1(C(=O)OC)CC2=C(C1)C1CCCC1C(=O)C2. The van der Waals surface area contributed by atoms with Crippen LogP contribution < -0.4 is 0 Å². The summed E-state index contributed by atoms with van der Waals surface area (Å²) in [4.78, 5) is 36.7. The van der Waals surface area contributed by atoms with Gasteiger partial charge in [-0.2, -0.15) is 0 Å². The molecule has 0 aromatic carbocycles. The molecule has 21 heavy (non-hydrogen) atoms. The molecule has 3 rings (SSSR count). The fourth-order valence-electron chi connectivity index (χ4n) is 4.43. The van der Waals surface area contributed by atoms with Crippen LogP contribution in [0.3, 0.4) is 0 Å². The van der Waals surface area contributed by atoms with Crippen molar-refractivity contribution in [2.45, 2.75) is 38.5 Å². The highest BCUT2D eigenvalue weighted by molar-refractivity contribution is 6.02. The van der Waals surface area contributed by atoms with Gasteiger partial charge < -0.3 is 9.47 Å². The quantitative estimate of drug-likeness (QED) is 0.441. The van der Waals surface area contributed by atoms with Crippen LogP contribution >= 0.6 is 0 Å². The van der Waals surface area contributed by atoms with E-state index >= 15 is 0 Å². The Labute approximate surface area is 123 Å². The Kier molecular flexibility index (Phi) is 3.38. The van der Waals surface area contributed by atoms with E-state index in [4.69, 9.17) is 9.47 Å². The first-order valence-electron chi connectivity index (χ1n) is 7.44. The van der Waals surface area contributed by atoms with Crippen molar-refractivity contribution in [1.82, 2.24) is 0 Å². The lowest BCUT2D eigenvalue weighted by Gasteiger charge is -2.27. The third kappa shape index (κ3) is 1.93. The second-order valence-electron chi connectivity index (χ2n) is 6.33.